The van der Waals surface area contributed by atoms with Crippen LogP contribution >= 0.6 is 11.8 Å². The highest BCUT2D eigenvalue weighted by molar-refractivity contribution is 8.01. The highest BCUT2D eigenvalue weighted by Gasteiger charge is 2.33. The summed E-state index contributed by atoms with van der Waals surface area (Å²) in [5, 5.41) is 0. The van der Waals surface area contributed by atoms with Crippen LogP contribution in [0.3, 0.4) is 0 Å². The number of carbonyl (C=O) groups excluding carboxylic acids is 2. The zero-order chi connectivity index (χ0) is 13.8. The van der Waals surface area contributed by atoms with Crippen molar-refractivity contribution in [2.75, 3.05) is 19.4 Å². The molecule has 4 nitrogen and oxygen atoms in total. The quantitative estimate of drug-likeness (QED) is 0.739. The van der Waals surface area contributed by atoms with Crippen LogP contribution in [0.15, 0.2) is 0 Å². The maximum absolute atomic E-state index is 12.2. The lowest BCUT2D eigenvalue weighted by Crippen LogP contribution is -2.49. The number of piperidine rings is 1. The van der Waals surface area contributed by atoms with E-state index in [0.29, 0.717) is 12.3 Å². The lowest BCUT2D eigenvalue weighted by molar-refractivity contribution is -0.153. The standard InChI is InChI=1S/C13H23NO3S/c1-13(2,3)18-9-11(15)14-8-6-5-7-10(14)12(16)17-4/h10H,5-9H2,1-4H3/t10-/m1/s1. The molecule has 0 aliphatic carbocycles. The van der Waals surface area contributed by atoms with Crippen LogP contribution in [0.4, 0.5) is 0 Å². The molecule has 1 aliphatic heterocycles. The van der Waals surface area contributed by atoms with Gasteiger partial charge in [0.1, 0.15) is 6.04 Å². The number of hydrogen-bond acceptors (Lipinski definition) is 4. The van der Waals surface area contributed by atoms with Crippen molar-refractivity contribution >= 4 is 23.6 Å². The molecule has 1 fully saturated rings. The zero-order valence-corrected chi connectivity index (χ0v) is 12.5. The second-order valence-electron chi connectivity index (χ2n) is 5.52. The van der Waals surface area contributed by atoms with E-state index in [0.717, 1.165) is 19.3 Å². The Kier molecular flexibility index (Phi) is 5.50. The van der Waals surface area contributed by atoms with Crippen molar-refractivity contribution in [1.82, 2.24) is 4.90 Å². The number of carbonyl (C=O) groups is 2. The second-order valence-corrected chi connectivity index (χ2v) is 7.33. The molecule has 18 heavy (non-hydrogen) atoms. The first-order chi connectivity index (χ1) is 8.35. The van der Waals surface area contributed by atoms with Crippen LogP contribution in [0.25, 0.3) is 0 Å². The number of rotatable bonds is 3. The third-order valence-electron chi connectivity index (χ3n) is 2.93. The van der Waals surface area contributed by atoms with Crippen molar-refractivity contribution in [2.45, 2.75) is 50.8 Å². The zero-order valence-electron chi connectivity index (χ0n) is 11.7. The third-order valence-corrected chi connectivity index (χ3v) is 4.18. The summed E-state index contributed by atoms with van der Waals surface area (Å²) >= 11 is 1.61. The maximum Gasteiger partial charge on any atom is 0.328 e. The van der Waals surface area contributed by atoms with Crippen molar-refractivity contribution in [3.63, 3.8) is 0 Å². The lowest BCUT2D eigenvalue weighted by atomic mass is 10.0. The number of nitrogens with zero attached hydrogens (tertiary/aromatic N) is 1. The lowest BCUT2D eigenvalue weighted by Gasteiger charge is -2.34. The highest BCUT2D eigenvalue weighted by atomic mass is 32.2. The molecule has 0 radical (unpaired) electrons. The van der Waals surface area contributed by atoms with Gasteiger partial charge in [-0.15, -0.1) is 11.8 Å². The second kappa shape index (κ2) is 6.45. The molecule has 104 valence electrons. The molecule has 0 aromatic rings. The molecule has 1 heterocycles. The Labute approximate surface area is 113 Å². The first-order valence-corrected chi connectivity index (χ1v) is 7.35. The molecule has 0 saturated carbocycles. The minimum Gasteiger partial charge on any atom is -0.467 e. The summed E-state index contributed by atoms with van der Waals surface area (Å²) in [6, 6.07) is -0.378. The van der Waals surface area contributed by atoms with Crippen molar-refractivity contribution in [1.29, 1.82) is 0 Å². The fourth-order valence-corrected chi connectivity index (χ4v) is 2.69. The van der Waals surface area contributed by atoms with Gasteiger partial charge in [0.15, 0.2) is 0 Å². The molecule has 1 atom stereocenters. The van der Waals surface area contributed by atoms with E-state index in [1.807, 2.05) is 0 Å². The van der Waals surface area contributed by atoms with Gasteiger partial charge in [-0.05, 0) is 19.3 Å². The van der Waals surface area contributed by atoms with E-state index in [1.165, 1.54) is 7.11 Å². The van der Waals surface area contributed by atoms with Crippen molar-refractivity contribution in [3.05, 3.63) is 0 Å². The predicted octanol–water partition coefficient (Wildman–Crippen LogP) is 2.07. The fraction of sp³-hybridized carbons (Fsp3) is 0.846. The Bertz CT molecular complexity index is 312. The molecule has 0 aromatic heterocycles. The molecule has 0 unspecified atom stereocenters. The topological polar surface area (TPSA) is 46.6 Å². The van der Waals surface area contributed by atoms with Crippen LogP contribution in [0.5, 0.6) is 0 Å². The normalized spacial score (nSPS) is 20.7. The first-order valence-electron chi connectivity index (χ1n) is 6.36. The number of ether oxygens (including phenoxy) is 1. The molecular weight excluding hydrogens is 250 g/mol. The number of thioether (sulfide) groups is 1. The van der Waals surface area contributed by atoms with Crippen molar-refractivity contribution in [2.24, 2.45) is 0 Å². The van der Waals surface area contributed by atoms with Crippen LogP contribution in [0.1, 0.15) is 40.0 Å². The Morgan fingerprint density at radius 2 is 2.00 bits per heavy atom. The largest absolute Gasteiger partial charge is 0.467 e. The average Bonchev–Trinajstić information content (AvgIpc) is 2.34. The summed E-state index contributed by atoms with van der Waals surface area (Å²) in [4.78, 5) is 25.5. The monoisotopic (exact) mass is 273 g/mol. The summed E-state index contributed by atoms with van der Waals surface area (Å²) in [6.45, 7) is 6.92. The smallest absolute Gasteiger partial charge is 0.328 e. The van der Waals surface area contributed by atoms with Crippen LogP contribution in [0, 0.1) is 0 Å². The molecule has 0 aromatic carbocycles. The van der Waals surface area contributed by atoms with Gasteiger partial charge in [-0.25, -0.2) is 4.79 Å². The SMILES string of the molecule is COC(=O)[C@H]1CCCCN1C(=O)CSC(C)(C)C. The van der Waals surface area contributed by atoms with Gasteiger partial charge in [0.2, 0.25) is 5.91 Å². The van der Waals surface area contributed by atoms with Crippen LogP contribution in [0.2, 0.25) is 0 Å². The fourth-order valence-electron chi connectivity index (χ4n) is 1.97. The summed E-state index contributed by atoms with van der Waals surface area (Å²) < 4.78 is 4.84. The average molecular weight is 273 g/mol. The summed E-state index contributed by atoms with van der Waals surface area (Å²) in [6.07, 6.45) is 2.67. The van der Waals surface area contributed by atoms with Gasteiger partial charge < -0.3 is 9.64 Å². The minimum atomic E-state index is -0.378. The first kappa shape index (κ1) is 15.3. The van der Waals surface area contributed by atoms with E-state index in [1.54, 1.807) is 16.7 Å². The summed E-state index contributed by atoms with van der Waals surface area (Å²) in [5.74, 6) is 0.186. The number of methoxy groups -OCH3 is 1. The van der Waals surface area contributed by atoms with E-state index in [4.69, 9.17) is 4.74 Å². The highest BCUT2D eigenvalue weighted by Crippen LogP contribution is 2.25. The van der Waals surface area contributed by atoms with Gasteiger partial charge in [-0.3, -0.25) is 4.79 Å². The Balaban J connectivity index is 2.60. The number of amides is 1. The molecule has 1 saturated heterocycles. The van der Waals surface area contributed by atoms with Crippen molar-refractivity contribution < 1.29 is 14.3 Å². The molecule has 5 heteroatoms. The van der Waals surface area contributed by atoms with E-state index in [-0.39, 0.29) is 22.7 Å². The van der Waals surface area contributed by atoms with Gasteiger partial charge in [-0.2, -0.15) is 0 Å². The van der Waals surface area contributed by atoms with E-state index in [9.17, 15) is 9.59 Å². The predicted molar refractivity (Wildman–Crippen MR) is 73.6 cm³/mol. The Morgan fingerprint density at radius 1 is 1.33 bits per heavy atom. The number of esters is 1. The van der Waals surface area contributed by atoms with Crippen molar-refractivity contribution in [3.8, 4) is 0 Å². The van der Waals surface area contributed by atoms with E-state index >= 15 is 0 Å². The van der Waals surface area contributed by atoms with Crippen LogP contribution in [-0.4, -0.2) is 47.0 Å². The molecule has 1 rings (SSSR count). The Hall–Kier alpha value is -0.710. The van der Waals surface area contributed by atoms with Gasteiger partial charge in [0, 0.05) is 11.3 Å². The molecule has 0 N–H and O–H groups in total. The van der Waals surface area contributed by atoms with Gasteiger partial charge in [0.05, 0.1) is 12.9 Å². The number of likely N-dealkylation sites (tertiary alicyclic amines) is 1. The summed E-state index contributed by atoms with van der Waals surface area (Å²) in [7, 11) is 1.38. The van der Waals surface area contributed by atoms with E-state index < -0.39 is 0 Å². The molecule has 1 amide bonds. The maximum atomic E-state index is 12.2. The minimum absolute atomic E-state index is 0.0463. The summed E-state index contributed by atoms with van der Waals surface area (Å²) in [5.41, 5.74) is 0. The van der Waals surface area contributed by atoms with Gasteiger partial charge in [0.25, 0.3) is 0 Å². The molecule has 0 bridgehead atoms. The molecule has 1 aliphatic rings. The van der Waals surface area contributed by atoms with Crippen LogP contribution in [-0.2, 0) is 14.3 Å². The third kappa shape index (κ3) is 4.52. The molecular formula is C13H23NO3S. The number of hydrogen-bond donors (Lipinski definition) is 0. The van der Waals surface area contributed by atoms with Gasteiger partial charge in [-0.1, -0.05) is 20.8 Å². The van der Waals surface area contributed by atoms with Crippen LogP contribution < -0.4 is 0 Å². The molecule has 0 spiro atoms. The van der Waals surface area contributed by atoms with Gasteiger partial charge >= 0.3 is 5.97 Å². The Morgan fingerprint density at radius 3 is 2.56 bits per heavy atom. The van der Waals surface area contributed by atoms with E-state index in [2.05, 4.69) is 20.8 Å².